The van der Waals surface area contributed by atoms with Crippen LogP contribution in [0.5, 0.6) is 0 Å². The average molecular weight is 294 g/mol. The number of carbonyl (C=O) groups excluding carboxylic acids is 1. The van der Waals surface area contributed by atoms with Gasteiger partial charge in [0, 0.05) is 18.8 Å². The van der Waals surface area contributed by atoms with E-state index >= 15 is 0 Å². The molecule has 0 N–H and O–H groups in total. The van der Waals surface area contributed by atoms with Gasteiger partial charge in [-0.05, 0) is 29.2 Å². The van der Waals surface area contributed by atoms with E-state index in [-0.39, 0.29) is 17.8 Å². The molecule has 0 aromatic carbocycles. The maximum Gasteiger partial charge on any atom is 0.159 e. The lowest BCUT2D eigenvalue weighted by molar-refractivity contribution is -0.120. The molecule has 0 radical (unpaired) electrons. The van der Waals surface area contributed by atoms with E-state index in [9.17, 15) is 4.79 Å². The highest BCUT2D eigenvalue weighted by atomic mass is 28.3. The van der Waals surface area contributed by atoms with Crippen LogP contribution in [0.1, 0.15) is 12.8 Å². The maximum atomic E-state index is 12.9. The van der Waals surface area contributed by atoms with Crippen molar-refractivity contribution in [3.05, 3.63) is 36.1 Å². The summed E-state index contributed by atoms with van der Waals surface area (Å²) >= 11 is 0. The zero-order valence-corrected chi connectivity index (χ0v) is 14.1. The molecule has 2 heteroatoms. The molecule has 0 heterocycles. The average Bonchev–Trinajstić information content (AvgIpc) is 2.44. The predicted molar refractivity (Wildman–Crippen MR) is 91.0 cm³/mol. The number of allylic oxidation sites excluding steroid dienone is 5. The zero-order valence-electron chi connectivity index (χ0n) is 13.1. The molecule has 0 saturated heterocycles. The van der Waals surface area contributed by atoms with Crippen LogP contribution in [0.15, 0.2) is 36.1 Å². The molecule has 0 spiro atoms. The molecule has 3 atom stereocenters. The molecule has 0 aromatic heterocycles. The van der Waals surface area contributed by atoms with E-state index in [1.807, 2.05) is 6.08 Å². The molecule has 0 amide bonds. The predicted octanol–water partition coefficient (Wildman–Crippen LogP) is 3.76. The molecule has 2 aliphatic carbocycles. The van der Waals surface area contributed by atoms with E-state index in [0.29, 0.717) is 12.2 Å². The van der Waals surface area contributed by atoms with Gasteiger partial charge in [0.2, 0.25) is 0 Å². The Morgan fingerprint density at radius 3 is 2.38 bits per heavy atom. The van der Waals surface area contributed by atoms with Gasteiger partial charge in [0.05, 0.1) is 8.07 Å². The Morgan fingerprint density at radius 2 is 1.81 bits per heavy atom. The van der Waals surface area contributed by atoms with Gasteiger partial charge in [-0.15, -0.1) is 6.58 Å². The highest BCUT2D eigenvalue weighted by Gasteiger charge is 2.40. The van der Waals surface area contributed by atoms with Crippen molar-refractivity contribution in [1.82, 2.24) is 0 Å². The van der Waals surface area contributed by atoms with E-state index in [0.717, 1.165) is 11.6 Å². The summed E-state index contributed by atoms with van der Waals surface area (Å²) in [5.74, 6) is 13.0. The first-order valence-corrected chi connectivity index (χ1v) is 11.0. The van der Waals surface area contributed by atoms with Gasteiger partial charge in [-0.25, -0.2) is 0 Å². The molecule has 0 saturated carbocycles. The fourth-order valence-electron chi connectivity index (χ4n) is 3.01. The van der Waals surface area contributed by atoms with Crippen LogP contribution in [0.25, 0.3) is 0 Å². The van der Waals surface area contributed by atoms with E-state index in [1.165, 1.54) is 0 Å². The molecule has 108 valence electrons. The number of Topliss-reactive ketones (excluding diaryl/α,β-unsaturated/α-hetero) is 1. The largest absolute Gasteiger partial charge is 0.295 e. The van der Waals surface area contributed by atoms with Crippen LogP contribution in [0.3, 0.4) is 0 Å². The first-order chi connectivity index (χ1) is 9.95. The second kappa shape index (κ2) is 6.33. The van der Waals surface area contributed by atoms with Gasteiger partial charge >= 0.3 is 0 Å². The minimum atomic E-state index is -1.64. The fraction of sp³-hybridized carbons (Fsp3) is 0.421. The SMILES string of the molecule is C=C[C@@H]1[C@@H]2C=C([Si](C)(C)C)C(=O)[C@H]1CC#C/C=C\C#CC2. The van der Waals surface area contributed by atoms with Crippen molar-refractivity contribution < 1.29 is 4.79 Å². The van der Waals surface area contributed by atoms with Crippen LogP contribution in [-0.2, 0) is 4.79 Å². The molecule has 21 heavy (non-hydrogen) atoms. The third kappa shape index (κ3) is 3.46. The molecular formula is C19H22OSi. The Labute approximate surface area is 129 Å². The van der Waals surface area contributed by atoms with Crippen LogP contribution < -0.4 is 0 Å². The smallest absolute Gasteiger partial charge is 0.159 e. The van der Waals surface area contributed by atoms with Gasteiger partial charge in [-0.1, -0.05) is 55.5 Å². The molecule has 2 bridgehead atoms. The summed E-state index contributed by atoms with van der Waals surface area (Å²) in [5, 5.41) is 1.06. The Hall–Kier alpha value is -1.77. The topological polar surface area (TPSA) is 17.1 Å². The first kappa shape index (κ1) is 15.6. The van der Waals surface area contributed by atoms with Crippen molar-refractivity contribution in [1.29, 1.82) is 0 Å². The summed E-state index contributed by atoms with van der Waals surface area (Å²) in [6.45, 7) is 10.7. The molecule has 0 aliphatic heterocycles. The Morgan fingerprint density at radius 1 is 1.19 bits per heavy atom. The number of hydrogen-bond acceptors (Lipinski definition) is 1. The number of carbonyl (C=O) groups is 1. The van der Waals surface area contributed by atoms with E-state index in [4.69, 9.17) is 0 Å². The standard InChI is InChI=1S/C19H22OSi/c1-5-16-15-12-10-8-6-7-9-11-13-17(16)19(20)18(14-15)21(2,3)4/h5-7,14-17H,1,12-13H2,2-4H3/b7-6-/t15-,16+,17-/m0/s1. The van der Waals surface area contributed by atoms with Gasteiger partial charge in [-0.2, -0.15) is 0 Å². The Kier molecular flexibility index (Phi) is 4.71. The van der Waals surface area contributed by atoms with Crippen LogP contribution in [0.4, 0.5) is 0 Å². The van der Waals surface area contributed by atoms with Crippen LogP contribution in [-0.4, -0.2) is 13.9 Å². The van der Waals surface area contributed by atoms with Gasteiger partial charge in [-0.3, -0.25) is 4.79 Å². The number of hydrogen-bond donors (Lipinski definition) is 0. The summed E-state index contributed by atoms with van der Waals surface area (Å²) in [6.07, 6.45) is 9.07. The molecule has 0 unspecified atom stereocenters. The molecule has 0 aromatic rings. The Bertz CT molecular complexity index is 622. The summed E-state index contributed by atoms with van der Waals surface area (Å²) in [5.41, 5.74) is 0. The lowest BCUT2D eigenvalue weighted by atomic mass is 9.72. The summed E-state index contributed by atoms with van der Waals surface area (Å²) < 4.78 is 0. The minimum absolute atomic E-state index is 0.0555. The van der Waals surface area contributed by atoms with Crippen LogP contribution in [0, 0.1) is 41.4 Å². The number of fused-ring (bicyclic) bond motifs is 2. The van der Waals surface area contributed by atoms with Crippen molar-refractivity contribution in [2.24, 2.45) is 17.8 Å². The van der Waals surface area contributed by atoms with E-state index in [1.54, 1.807) is 12.2 Å². The lowest BCUT2D eigenvalue weighted by Crippen LogP contribution is -2.41. The van der Waals surface area contributed by atoms with Crippen molar-refractivity contribution in [3.8, 4) is 23.7 Å². The summed E-state index contributed by atoms with van der Waals surface area (Å²) in [4.78, 5) is 12.9. The normalized spacial score (nSPS) is 29.8. The Balaban J connectivity index is 2.51. The molecular weight excluding hydrogens is 272 g/mol. The summed E-state index contributed by atoms with van der Waals surface area (Å²) in [7, 11) is -1.64. The van der Waals surface area contributed by atoms with E-state index in [2.05, 4.69) is 56.0 Å². The third-order valence-corrected chi connectivity index (χ3v) is 6.17. The van der Waals surface area contributed by atoms with Crippen molar-refractivity contribution in [3.63, 3.8) is 0 Å². The van der Waals surface area contributed by atoms with Gasteiger partial charge < -0.3 is 0 Å². The van der Waals surface area contributed by atoms with Crippen molar-refractivity contribution in [2.45, 2.75) is 32.5 Å². The fourth-order valence-corrected chi connectivity index (χ4v) is 4.65. The number of ketones is 1. The molecule has 0 fully saturated rings. The monoisotopic (exact) mass is 294 g/mol. The van der Waals surface area contributed by atoms with Crippen molar-refractivity contribution >= 4 is 13.9 Å². The minimum Gasteiger partial charge on any atom is -0.295 e. The number of rotatable bonds is 2. The zero-order chi connectivity index (χ0) is 15.5. The highest BCUT2D eigenvalue weighted by molar-refractivity contribution is 6.87. The third-order valence-electron chi connectivity index (χ3n) is 4.14. The van der Waals surface area contributed by atoms with Crippen molar-refractivity contribution in [2.75, 3.05) is 0 Å². The van der Waals surface area contributed by atoms with E-state index < -0.39 is 8.07 Å². The molecule has 2 rings (SSSR count). The maximum absolute atomic E-state index is 12.9. The second-order valence-electron chi connectivity index (χ2n) is 6.66. The van der Waals surface area contributed by atoms with Gasteiger partial charge in [0.1, 0.15) is 0 Å². The highest BCUT2D eigenvalue weighted by Crippen LogP contribution is 2.38. The van der Waals surface area contributed by atoms with Gasteiger partial charge in [0.25, 0.3) is 0 Å². The lowest BCUT2D eigenvalue weighted by Gasteiger charge is -2.36. The molecule has 1 nitrogen and oxygen atoms in total. The summed E-state index contributed by atoms with van der Waals surface area (Å²) in [6, 6.07) is 0. The quantitative estimate of drug-likeness (QED) is 0.430. The molecule has 2 aliphatic rings. The van der Waals surface area contributed by atoms with Crippen LogP contribution in [0.2, 0.25) is 19.6 Å². The second-order valence-corrected chi connectivity index (χ2v) is 11.7. The van der Waals surface area contributed by atoms with Gasteiger partial charge in [0.15, 0.2) is 5.78 Å². The van der Waals surface area contributed by atoms with Crippen LogP contribution >= 0.6 is 0 Å². The first-order valence-electron chi connectivity index (χ1n) is 7.46.